The van der Waals surface area contributed by atoms with Crippen molar-refractivity contribution < 1.29 is 0 Å². The minimum atomic E-state index is -1.92. The van der Waals surface area contributed by atoms with E-state index in [9.17, 15) is 0 Å². The Hall–Kier alpha value is -2.55. The molecule has 136 valence electrons. The molecule has 1 heterocycles. The van der Waals surface area contributed by atoms with Gasteiger partial charge >= 0.3 is 0 Å². The molecular weight excluding hydrogens is 372 g/mol. The SMILES string of the molecule is CSc1cccc2cccc([Si]3(C)C(c4ccccc4)=C3c3ccccc3)c12. The summed E-state index contributed by atoms with van der Waals surface area (Å²) in [7, 11) is -1.92. The van der Waals surface area contributed by atoms with Crippen molar-refractivity contribution in [3.05, 3.63) is 108 Å². The lowest BCUT2D eigenvalue weighted by atomic mass is 10.1. The summed E-state index contributed by atoms with van der Waals surface area (Å²) >= 11 is 1.85. The average Bonchev–Trinajstić information content (AvgIpc) is 3.40. The second-order valence-corrected chi connectivity index (χ2v) is 12.1. The molecule has 4 aromatic rings. The molecule has 0 saturated heterocycles. The first-order valence-electron chi connectivity index (χ1n) is 9.67. The van der Waals surface area contributed by atoms with Gasteiger partial charge in [0.25, 0.3) is 0 Å². The third-order valence-corrected chi connectivity index (χ3v) is 11.0. The Bertz CT molecular complexity index is 1140. The molecular formula is C26H22SSi. The molecule has 0 radical (unpaired) electrons. The van der Waals surface area contributed by atoms with Crippen LogP contribution in [0.3, 0.4) is 0 Å². The highest BCUT2D eigenvalue weighted by molar-refractivity contribution is 7.98. The topological polar surface area (TPSA) is 0 Å². The van der Waals surface area contributed by atoms with Crippen molar-refractivity contribution in [1.29, 1.82) is 0 Å². The Labute approximate surface area is 171 Å². The summed E-state index contributed by atoms with van der Waals surface area (Å²) in [6, 6.07) is 35.5. The predicted octanol–water partition coefficient (Wildman–Crippen LogP) is 6.55. The molecule has 0 fully saturated rings. The second-order valence-electron chi connectivity index (χ2n) is 7.47. The fourth-order valence-electron chi connectivity index (χ4n) is 4.61. The van der Waals surface area contributed by atoms with Crippen LogP contribution in [-0.4, -0.2) is 14.3 Å². The van der Waals surface area contributed by atoms with Crippen LogP contribution in [0.4, 0.5) is 0 Å². The average molecular weight is 395 g/mol. The van der Waals surface area contributed by atoms with Crippen molar-refractivity contribution in [3.63, 3.8) is 0 Å². The van der Waals surface area contributed by atoms with Crippen molar-refractivity contribution >= 4 is 46.2 Å². The van der Waals surface area contributed by atoms with E-state index in [0.29, 0.717) is 0 Å². The second kappa shape index (κ2) is 6.80. The van der Waals surface area contributed by atoms with Crippen LogP contribution in [0.15, 0.2) is 102 Å². The van der Waals surface area contributed by atoms with E-state index in [1.54, 1.807) is 15.6 Å². The van der Waals surface area contributed by atoms with Crippen LogP contribution >= 0.6 is 11.8 Å². The van der Waals surface area contributed by atoms with Crippen molar-refractivity contribution in [2.24, 2.45) is 0 Å². The summed E-state index contributed by atoms with van der Waals surface area (Å²) in [6.07, 6.45) is 2.19. The van der Waals surface area contributed by atoms with E-state index < -0.39 is 8.07 Å². The lowest BCUT2D eigenvalue weighted by Gasteiger charge is -2.18. The van der Waals surface area contributed by atoms with Crippen LogP contribution in [0, 0.1) is 0 Å². The predicted molar refractivity (Wildman–Crippen MR) is 127 cm³/mol. The van der Waals surface area contributed by atoms with Crippen molar-refractivity contribution in [1.82, 2.24) is 0 Å². The van der Waals surface area contributed by atoms with Crippen LogP contribution in [0.1, 0.15) is 11.1 Å². The molecule has 0 aromatic heterocycles. The lowest BCUT2D eigenvalue weighted by molar-refractivity contribution is 1.56. The van der Waals surface area contributed by atoms with Gasteiger partial charge in [0.2, 0.25) is 0 Å². The van der Waals surface area contributed by atoms with Gasteiger partial charge in [-0.25, -0.2) is 0 Å². The molecule has 5 rings (SSSR count). The van der Waals surface area contributed by atoms with Crippen LogP contribution in [0.5, 0.6) is 0 Å². The molecule has 0 aliphatic carbocycles. The van der Waals surface area contributed by atoms with Gasteiger partial charge in [-0.2, -0.15) is 0 Å². The maximum Gasteiger partial charge on any atom is 0.147 e. The highest BCUT2D eigenvalue weighted by Gasteiger charge is 2.54. The van der Waals surface area contributed by atoms with Crippen LogP contribution in [-0.2, 0) is 0 Å². The highest BCUT2D eigenvalue weighted by Crippen LogP contribution is 2.54. The van der Waals surface area contributed by atoms with E-state index in [0.717, 1.165) is 0 Å². The zero-order chi connectivity index (χ0) is 19.1. The first kappa shape index (κ1) is 17.5. The van der Waals surface area contributed by atoms with Crippen LogP contribution in [0.2, 0.25) is 6.55 Å². The molecule has 0 amide bonds. The molecule has 0 unspecified atom stereocenters. The Kier molecular flexibility index (Phi) is 4.26. The summed E-state index contributed by atoms with van der Waals surface area (Å²) in [5.74, 6) is 0. The van der Waals surface area contributed by atoms with E-state index in [4.69, 9.17) is 0 Å². The molecule has 0 spiro atoms. The smallest absolute Gasteiger partial charge is 0.129 e. The Morgan fingerprint density at radius 1 is 0.607 bits per heavy atom. The van der Waals surface area contributed by atoms with E-state index in [1.807, 2.05) is 11.8 Å². The van der Waals surface area contributed by atoms with Gasteiger partial charge in [0.05, 0.1) is 0 Å². The Balaban J connectivity index is 1.77. The Morgan fingerprint density at radius 2 is 1.14 bits per heavy atom. The van der Waals surface area contributed by atoms with E-state index in [-0.39, 0.29) is 0 Å². The number of hydrogen-bond donors (Lipinski definition) is 0. The van der Waals surface area contributed by atoms with Crippen LogP contribution < -0.4 is 5.19 Å². The summed E-state index contributed by atoms with van der Waals surface area (Å²) in [6.45, 7) is 2.53. The molecule has 0 saturated carbocycles. The van der Waals surface area contributed by atoms with E-state index in [1.165, 1.54) is 26.8 Å². The molecule has 28 heavy (non-hydrogen) atoms. The van der Waals surface area contributed by atoms with Gasteiger partial charge in [0.15, 0.2) is 0 Å². The normalized spacial score (nSPS) is 15.1. The van der Waals surface area contributed by atoms with Gasteiger partial charge in [-0.15, -0.1) is 11.8 Å². The van der Waals surface area contributed by atoms with Crippen molar-refractivity contribution in [2.45, 2.75) is 11.4 Å². The number of hydrogen-bond acceptors (Lipinski definition) is 1. The molecule has 2 heteroatoms. The standard InChI is InChI=1S/C26H22SSi/c1-27-22-17-9-15-19-16-10-18-23(24(19)22)28(2)25(20-11-5-3-6-12-20)26(28)21-13-7-4-8-14-21/h3-18H,1-2H3. The third kappa shape index (κ3) is 2.60. The molecule has 0 nitrogen and oxygen atoms in total. The van der Waals surface area contributed by atoms with Gasteiger partial charge in [0.1, 0.15) is 8.07 Å². The largest absolute Gasteiger partial charge is 0.147 e. The number of fused-ring (bicyclic) bond motifs is 1. The molecule has 0 bridgehead atoms. The van der Waals surface area contributed by atoms with Crippen LogP contribution in [0.25, 0.3) is 21.2 Å². The minimum absolute atomic E-state index is 1.35. The van der Waals surface area contributed by atoms with Gasteiger partial charge < -0.3 is 0 Å². The molecule has 0 atom stereocenters. The van der Waals surface area contributed by atoms with Gasteiger partial charge in [-0.3, -0.25) is 0 Å². The maximum atomic E-state index is 2.53. The zero-order valence-electron chi connectivity index (χ0n) is 16.1. The highest BCUT2D eigenvalue weighted by atomic mass is 32.2. The lowest BCUT2D eigenvalue weighted by Crippen LogP contribution is -2.35. The molecule has 1 aliphatic heterocycles. The fraction of sp³-hybridized carbons (Fsp3) is 0.0769. The first-order chi connectivity index (χ1) is 13.7. The summed E-state index contributed by atoms with van der Waals surface area (Å²) in [5, 5.41) is 7.52. The Morgan fingerprint density at radius 3 is 1.68 bits per heavy atom. The summed E-state index contributed by atoms with van der Waals surface area (Å²) < 4.78 is 0. The van der Waals surface area contributed by atoms with Crippen molar-refractivity contribution in [2.75, 3.05) is 6.26 Å². The van der Waals surface area contributed by atoms with Gasteiger partial charge in [-0.05, 0) is 49.8 Å². The zero-order valence-corrected chi connectivity index (χ0v) is 18.0. The van der Waals surface area contributed by atoms with Gasteiger partial charge in [0, 0.05) is 4.90 Å². The number of rotatable bonds is 4. The fourth-order valence-corrected chi connectivity index (χ4v) is 10.2. The summed E-state index contributed by atoms with van der Waals surface area (Å²) in [5.41, 5.74) is 2.77. The van der Waals surface area contributed by atoms with Gasteiger partial charge in [-0.1, -0.05) is 97.5 Å². The van der Waals surface area contributed by atoms with E-state index in [2.05, 4.69) is 110 Å². The maximum absolute atomic E-state index is 2.53. The quantitative estimate of drug-likeness (QED) is 0.279. The monoisotopic (exact) mass is 394 g/mol. The van der Waals surface area contributed by atoms with Crippen molar-refractivity contribution in [3.8, 4) is 0 Å². The van der Waals surface area contributed by atoms with E-state index >= 15 is 0 Å². The minimum Gasteiger partial charge on any atom is -0.129 e. The summed E-state index contributed by atoms with van der Waals surface area (Å²) in [4.78, 5) is 1.38. The molecule has 4 aromatic carbocycles. The third-order valence-electron chi connectivity index (χ3n) is 5.94. The number of thioether (sulfide) groups is 1. The number of benzene rings is 4. The molecule has 1 aliphatic rings. The molecule has 0 N–H and O–H groups in total. The first-order valence-corrected chi connectivity index (χ1v) is 13.4.